The zero-order valence-electron chi connectivity index (χ0n) is 18.6. The Morgan fingerprint density at radius 2 is 1.47 bits per heavy atom. The third-order valence-electron chi connectivity index (χ3n) is 5.36. The SMILES string of the molecule is CC(C)(Cc1c[nH]c2ccccc12)NCCOc1ccccc1OCc1ccccc1.Cl. The summed E-state index contributed by atoms with van der Waals surface area (Å²) in [4.78, 5) is 3.36. The van der Waals surface area contributed by atoms with Gasteiger partial charge in [-0.05, 0) is 49.6 Å². The van der Waals surface area contributed by atoms with Gasteiger partial charge in [0, 0.05) is 29.2 Å². The van der Waals surface area contributed by atoms with E-state index in [1.54, 1.807) is 0 Å². The summed E-state index contributed by atoms with van der Waals surface area (Å²) in [6, 6.07) is 26.4. The molecule has 4 aromatic rings. The van der Waals surface area contributed by atoms with Gasteiger partial charge in [0.1, 0.15) is 13.2 Å². The molecule has 0 aliphatic rings. The fourth-order valence-electron chi connectivity index (χ4n) is 3.79. The number of fused-ring (bicyclic) bond motifs is 1. The Morgan fingerprint density at radius 3 is 2.25 bits per heavy atom. The average Bonchev–Trinajstić information content (AvgIpc) is 3.19. The molecule has 0 spiro atoms. The van der Waals surface area contributed by atoms with Crippen molar-refractivity contribution in [2.45, 2.75) is 32.4 Å². The summed E-state index contributed by atoms with van der Waals surface area (Å²) in [5, 5.41) is 4.92. The van der Waals surface area contributed by atoms with Crippen molar-refractivity contribution in [1.82, 2.24) is 10.3 Å². The highest BCUT2D eigenvalue weighted by atomic mass is 35.5. The molecule has 0 aliphatic carbocycles. The first-order valence-electron chi connectivity index (χ1n) is 10.8. The number of aromatic nitrogens is 1. The standard InChI is InChI=1S/C27H30N2O2.ClH/c1-27(2,18-22-19-28-24-13-7-6-12-23(22)24)29-16-17-30-25-14-8-9-15-26(25)31-20-21-10-4-3-5-11-21;/h3-15,19,28-29H,16-18,20H2,1-2H3;1H. The third kappa shape index (κ3) is 6.28. The van der Waals surface area contributed by atoms with Gasteiger partial charge < -0.3 is 19.8 Å². The van der Waals surface area contributed by atoms with Crippen molar-refractivity contribution in [2.75, 3.05) is 13.2 Å². The number of hydrogen-bond donors (Lipinski definition) is 2. The van der Waals surface area contributed by atoms with E-state index in [9.17, 15) is 0 Å². The van der Waals surface area contributed by atoms with Crippen LogP contribution in [0.4, 0.5) is 0 Å². The topological polar surface area (TPSA) is 46.3 Å². The Labute approximate surface area is 196 Å². The minimum Gasteiger partial charge on any atom is -0.488 e. The van der Waals surface area contributed by atoms with Gasteiger partial charge in [-0.3, -0.25) is 0 Å². The number of nitrogens with one attached hydrogen (secondary N) is 2. The largest absolute Gasteiger partial charge is 0.488 e. The number of H-pyrrole nitrogens is 1. The molecule has 4 nitrogen and oxygen atoms in total. The lowest BCUT2D eigenvalue weighted by atomic mass is 9.94. The smallest absolute Gasteiger partial charge is 0.161 e. The van der Waals surface area contributed by atoms with Crippen LogP contribution < -0.4 is 14.8 Å². The Hall–Kier alpha value is -2.95. The number of halogens is 1. The molecule has 0 atom stereocenters. The molecule has 4 rings (SSSR count). The molecule has 1 aromatic heterocycles. The molecule has 168 valence electrons. The van der Waals surface area contributed by atoms with Crippen LogP contribution in [-0.2, 0) is 13.0 Å². The molecule has 0 unspecified atom stereocenters. The molecule has 0 amide bonds. The summed E-state index contributed by atoms with van der Waals surface area (Å²) < 4.78 is 12.0. The molecule has 2 N–H and O–H groups in total. The lowest BCUT2D eigenvalue weighted by Crippen LogP contribution is -2.43. The second kappa shape index (κ2) is 11.1. The molecule has 32 heavy (non-hydrogen) atoms. The number of benzene rings is 3. The van der Waals surface area contributed by atoms with Crippen molar-refractivity contribution >= 4 is 23.3 Å². The number of ether oxygens (including phenoxy) is 2. The van der Waals surface area contributed by atoms with E-state index in [0.29, 0.717) is 13.2 Å². The summed E-state index contributed by atoms with van der Waals surface area (Å²) >= 11 is 0. The molecule has 0 bridgehead atoms. The molecular formula is C27H31ClN2O2. The number of aromatic amines is 1. The average molecular weight is 451 g/mol. The predicted molar refractivity (Wildman–Crippen MR) is 134 cm³/mol. The highest BCUT2D eigenvalue weighted by Crippen LogP contribution is 2.27. The maximum Gasteiger partial charge on any atom is 0.161 e. The summed E-state index contributed by atoms with van der Waals surface area (Å²) in [5.41, 5.74) is 3.60. The van der Waals surface area contributed by atoms with E-state index in [4.69, 9.17) is 9.47 Å². The van der Waals surface area contributed by atoms with Crippen LogP contribution in [0.25, 0.3) is 10.9 Å². The minimum atomic E-state index is -0.0440. The van der Waals surface area contributed by atoms with Crippen LogP contribution >= 0.6 is 12.4 Å². The van der Waals surface area contributed by atoms with Gasteiger partial charge in [-0.1, -0.05) is 60.7 Å². The first-order valence-corrected chi connectivity index (χ1v) is 10.8. The van der Waals surface area contributed by atoms with E-state index >= 15 is 0 Å². The van der Waals surface area contributed by atoms with Gasteiger partial charge in [0.15, 0.2) is 11.5 Å². The molecule has 0 saturated carbocycles. The van der Waals surface area contributed by atoms with Crippen LogP contribution in [0.15, 0.2) is 85.1 Å². The monoisotopic (exact) mass is 450 g/mol. The van der Waals surface area contributed by atoms with Gasteiger partial charge in [0.2, 0.25) is 0 Å². The van der Waals surface area contributed by atoms with Crippen molar-refractivity contribution in [3.05, 3.63) is 96.2 Å². The van der Waals surface area contributed by atoms with Gasteiger partial charge in [-0.15, -0.1) is 12.4 Å². The summed E-state index contributed by atoms with van der Waals surface area (Å²) in [6.45, 7) is 6.31. The van der Waals surface area contributed by atoms with Crippen LogP contribution in [0.5, 0.6) is 11.5 Å². The second-order valence-corrected chi connectivity index (χ2v) is 8.42. The first-order chi connectivity index (χ1) is 15.1. The zero-order valence-corrected chi connectivity index (χ0v) is 19.5. The van der Waals surface area contributed by atoms with E-state index in [1.165, 1.54) is 16.5 Å². The quantitative estimate of drug-likeness (QED) is 0.284. The molecule has 0 aliphatic heterocycles. The molecule has 1 heterocycles. The van der Waals surface area contributed by atoms with E-state index in [1.807, 2.05) is 42.5 Å². The predicted octanol–water partition coefficient (Wildman–Crippen LogP) is 6.16. The van der Waals surface area contributed by atoms with Crippen LogP contribution in [0.3, 0.4) is 0 Å². The number of para-hydroxylation sites is 3. The maximum atomic E-state index is 6.03. The van der Waals surface area contributed by atoms with Crippen molar-refractivity contribution in [1.29, 1.82) is 0 Å². The fourth-order valence-corrected chi connectivity index (χ4v) is 3.79. The highest BCUT2D eigenvalue weighted by Gasteiger charge is 2.19. The lowest BCUT2D eigenvalue weighted by Gasteiger charge is -2.26. The lowest BCUT2D eigenvalue weighted by molar-refractivity contribution is 0.251. The third-order valence-corrected chi connectivity index (χ3v) is 5.36. The van der Waals surface area contributed by atoms with Crippen molar-refractivity contribution < 1.29 is 9.47 Å². The number of hydrogen-bond acceptors (Lipinski definition) is 3. The molecular weight excluding hydrogens is 420 g/mol. The Morgan fingerprint density at radius 1 is 0.812 bits per heavy atom. The minimum absolute atomic E-state index is 0. The normalized spacial score (nSPS) is 11.2. The Kier molecular flexibility index (Phi) is 8.20. The summed E-state index contributed by atoms with van der Waals surface area (Å²) in [6.07, 6.45) is 3.05. The second-order valence-electron chi connectivity index (χ2n) is 8.42. The van der Waals surface area contributed by atoms with Gasteiger partial charge in [-0.25, -0.2) is 0 Å². The Bertz CT molecular complexity index is 1110. The number of rotatable bonds is 10. The van der Waals surface area contributed by atoms with E-state index in [0.717, 1.165) is 30.0 Å². The van der Waals surface area contributed by atoms with Crippen LogP contribution in [0.2, 0.25) is 0 Å². The molecule has 0 saturated heterocycles. The van der Waals surface area contributed by atoms with Crippen LogP contribution in [0.1, 0.15) is 25.0 Å². The summed E-state index contributed by atoms with van der Waals surface area (Å²) in [7, 11) is 0. The van der Waals surface area contributed by atoms with Crippen molar-refractivity contribution in [3.8, 4) is 11.5 Å². The Balaban J connectivity index is 0.00000289. The van der Waals surface area contributed by atoms with Crippen molar-refractivity contribution in [2.24, 2.45) is 0 Å². The van der Waals surface area contributed by atoms with Crippen LogP contribution in [0, 0.1) is 0 Å². The molecule has 5 heteroatoms. The highest BCUT2D eigenvalue weighted by molar-refractivity contribution is 5.85. The fraction of sp³-hybridized carbons (Fsp3) is 0.259. The molecule has 0 radical (unpaired) electrons. The van der Waals surface area contributed by atoms with Gasteiger partial charge in [-0.2, -0.15) is 0 Å². The molecule has 0 fully saturated rings. The van der Waals surface area contributed by atoms with E-state index in [2.05, 4.69) is 66.7 Å². The van der Waals surface area contributed by atoms with Gasteiger partial charge in [0.05, 0.1) is 0 Å². The van der Waals surface area contributed by atoms with Crippen LogP contribution in [-0.4, -0.2) is 23.7 Å². The maximum absolute atomic E-state index is 6.03. The zero-order chi connectivity index (χ0) is 21.5. The summed E-state index contributed by atoms with van der Waals surface area (Å²) in [5.74, 6) is 1.54. The first kappa shape index (κ1) is 23.7. The van der Waals surface area contributed by atoms with Gasteiger partial charge in [0.25, 0.3) is 0 Å². The van der Waals surface area contributed by atoms with E-state index < -0.39 is 0 Å². The van der Waals surface area contributed by atoms with Crippen molar-refractivity contribution in [3.63, 3.8) is 0 Å². The van der Waals surface area contributed by atoms with Gasteiger partial charge >= 0.3 is 0 Å². The van der Waals surface area contributed by atoms with E-state index in [-0.39, 0.29) is 17.9 Å². The molecule has 3 aromatic carbocycles.